The number of allylic oxidation sites excluding steroid dienone is 2. The summed E-state index contributed by atoms with van der Waals surface area (Å²) in [6.45, 7) is 0. The number of aromatic nitrogens is 1. The summed E-state index contributed by atoms with van der Waals surface area (Å²) in [7, 11) is 1.03. The highest BCUT2D eigenvalue weighted by atomic mass is 35.5. The second-order valence-electron chi connectivity index (χ2n) is 12.5. The number of phenols is 1. The molecule has 50 heavy (non-hydrogen) atoms. The summed E-state index contributed by atoms with van der Waals surface area (Å²) >= 11 is 12.4. The Morgan fingerprint density at radius 3 is 2.36 bits per heavy atom. The van der Waals surface area contributed by atoms with E-state index in [0.29, 0.717) is 38.3 Å². The predicted molar refractivity (Wildman–Crippen MR) is 169 cm³/mol. The van der Waals surface area contributed by atoms with Gasteiger partial charge in [0, 0.05) is 22.7 Å². The second kappa shape index (κ2) is 11.8. The Balaban J connectivity index is 1.43. The van der Waals surface area contributed by atoms with Gasteiger partial charge in [-0.15, -0.1) is 0 Å². The fourth-order valence-electron chi connectivity index (χ4n) is 8.13. The SMILES string of the molecule is COC(=O)N1C(=O)C2CC=C3C(CC4C(=O)N(Nc5ncc(C(F)(F)F)cc5Cl)C(=O)C4(c4ccc(Cl)cc4)C3c3ccccc3O)C2C1=O. The number of hydrazine groups is 1. The Morgan fingerprint density at radius 2 is 1.72 bits per heavy atom. The average Bonchev–Trinajstić information content (AvgIpc) is 3.46. The molecule has 1 saturated carbocycles. The van der Waals surface area contributed by atoms with Crippen molar-refractivity contribution in [3.8, 4) is 5.75 Å². The molecule has 2 aliphatic carbocycles. The van der Waals surface area contributed by atoms with Crippen molar-refractivity contribution in [3.05, 3.63) is 99.2 Å². The first-order valence-corrected chi connectivity index (χ1v) is 16.0. The Labute approximate surface area is 291 Å². The second-order valence-corrected chi connectivity index (χ2v) is 13.3. The monoisotopic (exact) mass is 728 g/mol. The summed E-state index contributed by atoms with van der Waals surface area (Å²) in [5.41, 5.74) is 0.598. The summed E-state index contributed by atoms with van der Waals surface area (Å²) in [5, 5.41) is 11.7. The molecule has 7 rings (SSSR count). The molecule has 6 unspecified atom stereocenters. The van der Waals surface area contributed by atoms with Crippen molar-refractivity contribution in [2.45, 2.75) is 30.4 Å². The highest BCUT2D eigenvalue weighted by molar-refractivity contribution is 6.33. The first-order chi connectivity index (χ1) is 23.7. The molecule has 2 aliphatic heterocycles. The third-order valence-corrected chi connectivity index (χ3v) is 10.7. The van der Waals surface area contributed by atoms with Crippen LogP contribution < -0.4 is 5.43 Å². The zero-order chi connectivity index (χ0) is 35.9. The van der Waals surface area contributed by atoms with Gasteiger partial charge in [-0.2, -0.15) is 23.1 Å². The van der Waals surface area contributed by atoms with E-state index in [2.05, 4.69) is 10.4 Å². The molecule has 0 bridgehead atoms. The van der Waals surface area contributed by atoms with Gasteiger partial charge >= 0.3 is 12.3 Å². The van der Waals surface area contributed by atoms with Gasteiger partial charge in [0.1, 0.15) is 5.75 Å². The zero-order valence-corrected chi connectivity index (χ0v) is 27.3. The molecule has 0 radical (unpaired) electrons. The van der Waals surface area contributed by atoms with Crippen molar-refractivity contribution < 1.29 is 47.0 Å². The molecule has 16 heteroatoms. The van der Waals surface area contributed by atoms with Crippen LogP contribution in [0.15, 0.2) is 72.4 Å². The molecule has 3 heterocycles. The lowest BCUT2D eigenvalue weighted by Crippen LogP contribution is -2.53. The number of aromatic hydroxyl groups is 1. The molecule has 2 aromatic carbocycles. The number of para-hydroxylation sites is 1. The molecule has 2 saturated heterocycles. The highest BCUT2D eigenvalue weighted by Crippen LogP contribution is 2.65. The Hall–Kier alpha value is -4.95. The quantitative estimate of drug-likeness (QED) is 0.249. The van der Waals surface area contributed by atoms with Crippen LogP contribution in [0, 0.1) is 23.7 Å². The number of likely N-dealkylation sites (tertiary alicyclic amines) is 1. The fourth-order valence-corrected chi connectivity index (χ4v) is 8.46. The first-order valence-electron chi connectivity index (χ1n) is 15.3. The maximum atomic E-state index is 15.1. The van der Waals surface area contributed by atoms with Crippen molar-refractivity contribution in [1.82, 2.24) is 14.9 Å². The van der Waals surface area contributed by atoms with Gasteiger partial charge in [0.05, 0.1) is 40.9 Å². The lowest BCUT2D eigenvalue weighted by Gasteiger charge is -2.50. The smallest absolute Gasteiger partial charge is 0.423 e. The number of imide groups is 4. The topological polar surface area (TPSA) is 146 Å². The molecule has 1 aromatic heterocycles. The number of nitrogens with zero attached hydrogens (tertiary/aromatic N) is 3. The van der Waals surface area contributed by atoms with E-state index in [4.69, 9.17) is 27.9 Å². The number of nitrogens with one attached hydrogen (secondary N) is 1. The maximum Gasteiger partial charge on any atom is 0.423 e. The third kappa shape index (κ3) is 4.79. The molecular formula is C34H25Cl2F3N4O7. The lowest BCUT2D eigenvalue weighted by molar-refractivity contribution is -0.140. The van der Waals surface area contributed by atoms with E-state index in [1.54, 1.807) is 36.4 Å². The number of alkyl halides is 3. The van der Waals surface area contributed by atoms with Crippen LogP contribution in [-0.4, -0.2) is 56.8 Å². The van der Waals surface area contributed by atoms with E-state index in [-0.39, 0.29) is 24.2 Å². The summed E-state index contributed by atoms with van der Waals surface area (Å²) in [6, 6.07) is 13.0. The van der Waals surface area contributed by atoms with Gasteiger partial charge in [-0.25, -0.2) is 9.78 Å². The molecule has 6 atom stereocenters. The number of carbonyl (C=O) groups is 5. The fraction of sp³-hybridized carbons (Fsp3) is 0.294. The number of carbonyl (C=O) groups excluding carboxylic acids is 5. The summed E-state index contributed by atoms with van der Waals surface area (Å²) in [5.74, 6) is -9.20. The number of benzene rings is 2. The van der Waals surface area contributed by atoms with Crippen LogP contribution in [0.5, 0.6) is 5.75 Å². The summed E-state index contributed by atoms with van der Waals surface area (Å²) in [6.07, 6.45) is -3.85. The maximum absolute atomic E-state index is 15.1. The van der Waals surface area contributed by atoms with E-state index in [1.807, 2.05) is 0 Å². The highest BCUT2D eigenvalue weighted by Gasteiger charge is 2.71. The number of ether oxygens (including phenoxy) is 1. The standard InChI is InChI=1S/C34H25Cl2F3N4O7/c1-50-32(49)42-28(45)20-11-10-18-21(25(20)30(42)47)13-22-29(46)43(41-27-23(36)12-16(14-40-27)34(37,38)39)31(48)33(22,15-6-8-17(35)9-7-15)26(18)19-4-2-3-5-24(19)44/h2-10,12,14,20-22,25-26,44H,11,13H2,1H3,(H,40,41). The third-order valence-electron chi connectivity index (χ3n) is 10.2. The number of anilines is 1. The van der Waals surface area contributed by atoms with Crippen LogP contribution in [-0.2, 0) is 35.5 Å². The van der Waals surface area contributed by atoms with Crippen molar-refractivity contribution in [3.63, 3.8) is 0 Å². The van der Waals surface area contributed by atoms with Gasteiger partial charge in [0.2, 0.25) is 11.8 Å². The van der Waals surface area contributed by atoms with E-state index < -0.39 is 87.3 Å². The van der Waals surface area contributed by atoms with E-state index in [1.165, 1.54) is 18.2 Å². The molecule has 3 fully saturated rings. The van der Waals surface area contributed by atoms with Crippen LogP contribution in [0.4, 0.5) is 23.8 Å². The van der Waals surface area contributed by atoms with Crippen molar-refractivity contribution in [2.24, 2.45) is 23.7 Å². The first kappa shape index (κ1) is 33.5. The minimum absolute atomic E-state index is 0.00914. The van der Waals surface area contributed by atoms with Gasteiger partial charge < -0.3 is 9.84 Å². The lowest BCUT2D eigenvalue weighted by atomic mass is 9.49. The van der Waals surface area contributed by atoms with Crippen LogP contribution in [0.1, 0.15) is 35.4 Å². The number of hydrogen-bond acceptors (Lipinski definition) is 9. The molecular weight excluding hydrogens is 704 g/mol. The number of amides is 5. The number of fused-ring (bicyclic) bond motifs is 4. The molecule has 2 N–H and O–H groups in total. The Morgan fingerprint density at radius 1 is 1.02 bits per heavy atom. The molecule has 0 spiro atoms. The van der Waals surface area contributed by atoms with Crippen LogP contribution in [0.25, 0.3) is 0 Å². The number of pyridine rings is 1. The summed E-state index contributed by atoms with van der Waals surface area (Å²) < 4.78 is 44.8. The van der Waals surface area contributed by atoms with Gasteiger partial charge in [-0.05, 0) is 48.6 Å². The molecule has 5 amide bonds. The van der Waals surface area contributed by atoms with E-state index in [9.17, 15) is 37.5 Å². The van der Waals surface area contributed by atoms with Gasteiger partial charge in [-0.3, -0.25) is 24.6 Å². The van der Waals surface area contributed by atoms with Gasteiger partial charge in [0.15, 0.2) is 5.82 Å². The molecule has 3 aromatic rings. The van der Waals surface area contributed by atoms with Gasteiger partial charge in [-0.1, -0.05) is 65.2 Å². The largest absolute Gasteiger partial charge is 0.508 e. The average molecular weight is 729 g/mol. The summed E-state index contributed by atoms with van der Waals surface area (Å²) in [4.78, 5) is 73.5. The number of rotatable bonds is 4. The number of phenolic OH excluding ortho intramolecular Hbond substituents is 1. The van der Waals surface area contributed by atoms with E-state index >= 15 is 4.79 Å². The van der Waals surface area contributed by atoms with Crippen molar-refractivity contribution in [1.29, 1.82) is 0 Å². The van der Waals surface area contributed by atoms with E-state index in [0.717, 1.165) is 7.11 Å². The predicted octanol–water partition coefficient (Wildman–Crippen LogP) is 5.86. The van der Waals surface area contributed by atoms with Crippen molar-refractivity contribution >= 4 is 58.7 Å². The number of methoxy groups -OCH3 is 1. The number of halogens is 5. The molecule has 4 aliphatic rings. The Kier molecular flexibility index (Phi) is 7.94. The minimum atomic E-state index is -4.77. The van der Waals surface area contributed by atoms with Crippen LogP contribution in [0.3, 0.4) is 0 Å². The normalized spacial score (nSPS) is 27.5. The molecule has 258 valence electrons. The van der Waals surface area contributed by atoms with Gasteiger partial charge in [0.25, 0.3) is 11.8 Å². The minimum Gasteiger partial charge on any atom is -0.508 e. The van der Waals surface area contributed by atoms with Crippen LogP contribution in [0.2, 0.25) is 10.0 Å². The number of hydrogen-bond donors (Lipinski definition) is 2. The molecule has 11 nitrogen and oxygen atoms in total. The zero-order valence-electron chi connectivity index (χ0n) is 25.8. The van der Waals surface area contributed by atoms with Crippen molar-refractivity contribution in [2.75, 3.05) is 12.5 Å². The van der Waals surface area contributed by atoms with Crippen LogP contribution >= 0.6 is 23.2 Å². The Bertz CT molecular complexity index is 2020.